The maximum absolute atomic E-state index is 12.6. The van der Waals surface area contributed by atoms with E-state index in [0.29, 0.717) is 17.7 Å². The molecule has 0 unspecified atom stereocenters. The van der Waals surface area contributed by atoms with E-state index in [1.54, 1.807) is 0 Å². The first-order valence-corrected chi connectivity index (χ1v) is 4.77. The number of hydrogen-bond donors (Lipinski definition) is 1. The highest BCUT2D eigenvalue weighted by atomic mass is 19.1. The maximum Gasteiger partial charge on any atom is 0.105 e. The van der Waals surface area contributed by atoms with Gasteiger partial charge in [0.2, 0.25) is 0 Å². The molecule has 0 bridgehead atoms. The van der Waals surface area contributed by atoms with Crippen molar-refractivity contribution in [3.05, 3.63) is 23.7 Å². The van der Waals surface area contributed by atoms with E-state index in [2.05, 4.69) is 27.4 Å². The molecule has 1 nitrogen and oxygen atoms in total. The van der Waals surface area contributed by atoms with Crippen molar-refractivity contribution in [2.24, 2.45) is 11.7 Å². The molecule has 0 saturated carbocycles. The van der Waals surface area contributed by atoms with Crippen molar-refractivity contribution in [2.45, 2.75) is 40.0 Å². The molecule has 0 aromatic rings. The number of allylic oxidation sites excluding steroid dienone is 2. The minimum atomic E-state index is -0.0671. The number of halogens is 1. The summed E-state index contributed by atoms with van der Waals surface area (Å²) in [6.45, 7) is 9.97. The van der Waals surface area contributed by atoms with Crippen LogP contribution in [0.3, 0.4) is 0 Å². The fourth-order valence-corrected chi connectivity index (χ4v) is 1.04. The van der Waals surface area contributed by atoms with Crippen LogP contribution in [-0.4, -0.2) is 0 Å². The van der Waals surface area contributed by atoms with Gasteiger partial charge in [0.25, 0.3) is 0 Å². The quantitative estimate of drug-likeness (QED) is 0.664. The van der Waals surface area contributed by atoms with E-state index in [0.717, 1.165) is 18.8 Å². The Morgan fingerprint density at radius 2 is 1.85 bits per heavy atom. The van der Waals surface area contributed by atoms with Crippen molar-refractivity contribution in [3.8, 4) is 0 Å². The van der Waals surface area contributed by atoms with Crippen molar-refractivity contribution in [2.75, 3.05) is 0 Å². The predicted molar refractivity (Wildman–Crippen MR) is 55.8 cm³/mol. The van der Waals surface area contributed by atoms with Crippen molar-refractivity contribution in [1.82, 2.24) is 0 Å². The van der Waals surface area contributed by atoms with Gasteiger partial charge in [0.15, 0.2) is 0 Å². The smallest absolute Gasteiger partial charge is 0.105 e. The van der Waals surface area contributed by atoms with Crippen LogP contribution in [0, 0.1) is 5.92 Å². The number of rotatable bonds is 1. The molecule has 2 heteroatoms. The molecule has 0 atom stereocenters. The molecule has 0 aliphatic heterocycles. The van der Waals surface area contributed by atoms with Gasteiger partial charge in [-0.1, -0.05) is 27.4 Å². The van der Waals surface area contributed by atoms with Crippen LogP contribution in [-0.2, 0) is 0 Å². The summed E-state index contributed by atoms with van der Waals surface area (Å²) >= 11 is 0. The first-order valence-electron chi connectivity index (χ1n) is 4.77. The third-order valence-electron chi connectivity index (χ3n) is 1.54. The second kappa shape index (κ2) is 5.79. The molecule has 0 heterocycles. The third kappa shape index (κ3) is 5.45. The molecule has 0 radical (unpaired) electrons. The van der Waals surface area contributed by atoms with Crippen molar-refractivity contribution in [1.29, 1.82) is 0 Å². The van der Waals surface area contributed by atoms with Gasteiger partial charge >= 0.3 is 0 Å². The lowest BCUT2D eigenvalue weighted by atomic mass is 10.2. The van der Waals surface area contributed by atoms with E-state index < -0.39 is 0 Å². The zero-order chi connectivity index (χ0) is 10.4. The molecule has 0 saturated heterocycles. The molecule has 13 heavy (non-hydrogen) atoms. The Kier molecular flexibility index (Phi) is 5.44. The van der Waals surface area contributed by atoms with Gasteiger partial charge in [0.1, 0.15) is 5.83 Å². The molecular formula is C11H20FN. The van der Waals surface area contributed by atoms with E-state index >= 15 is 0 Å². The molecule has 2 N–H and O–H groups in total. The number of nitrogens with two attached hydrogens (primary N) is 1. The van der Waals surface area contributed by atoms with Crippen LogP contribution in [0.25, 0.3) is 0 Å². The van der Waals surface area contributed by atoms with Crippen LogP contribution in [0.1, 0.15) is 40.0 Å². The Hall–Kier alpha value is -0.790. The molecule has 76 valence electrons. The van der Waals surface area contributed by atoms with Crippen molar-refractivity contribution in [3.63, 3.8) is 0 Å². The van der Waals surface area contributed by atoms with Crippen LogP contribution >= 0.6 is 0 Å². The van der Waals surface area contributed by atoms with Crippen LogP contribution in [0.15, 0.2) is 23.7 Å². The van der Waals surface area contributed by atoms with Gasteiger partial charge in [-0.05, 0) is 25.2 Å². The highest BCUT2D eigenvalue weighted by Gasteiger charge is 2.14. The molecule has 0 aromatic carbocycles. The Morgan fingerprint density at radius 3 is 2.00 bits per heavy atom. The number of hydrogen-bond acceptors (Lipinski definition) is 1. The van der Waals surface area contributed by atoms with E-state index in [9.17, 15) is 4.39 Å². The van der Waals surface area contributed by atoms with Crippen molar-refractivity contribution < 1.29 is 4.39 Å². The van der Waals surface area contributed by atoms with E-state index in [1.165, 1.54) is 0 Å². The monoisotopic (exact) mass is 185 g/mol. The Balaban J connectivity index is 0.000000310. The van der Waals surface area contributed by atoms with Crippen molar-refractivity contribution >= 4 is 0 Å². The summed E-state index contributed by atoms with van der Waals surface area (Å²) in [5.41, 5.74) is 6.32. The second-order valence-corrected chi connectivity index (χ2v) is 3.99. The van der Waals surface area contributed by atoms with Crippen LogP contribution in [0.5, 0.6) is 0 Å². The fraction of sp³-hybridized carbons (Fsp3) is 0.636. The SMILES string of the molecule is C=C(N)C1=C(F)CCC1.CC(C)C. The summed E-state index contributed by atoms with van der Waals surface area (Å²) in [5.74, 6) is 0.766. The third-order valence-corrected chi connectivity index (χ3v) is 1.54. The molecule has 1 rings (SSSR count). The Bertz CT molecular complexity index is 201. The lowest BCUT2D eigenvalue weighted by Crippen LogP contribution is -1.97. The topological polar surface area (TPSA) is 26.0 Å². The van der Waals surface area contributed by atoms with Gasteiger partial charge in [-0.15, -0.1) is 0 Å². The largest absolute Gasteiger partial charge is 0.399 e. The minimum absolute atomic E-state index is 0.0671. The summed E-state index contributed by atoms with van der Waals surface area (Å²) in [5, 5.41) is 0. The van der Waals surface area contributed by atoms with Gasteiger partial charge in [0, 0.05) is 11.3 Å². The minimum Gasteiger partial charge on any atom is -0.399 e. The van der Waals surface area contributed by atoms with Gasteiger partial charge in [0.05, 0.1) is 0 Å². The maximum atomic E-state index is 12.6. The fourth-order valence-electron chi connectivity index (χ4n) is 1.04. The zero-order valence-electron chi connectivity index (χ0n) is 8.86. The molecule has 0 amide bonds. The summed E-state index contributed by atoms with van der Waals surface area (Å²) < 4.78 is 12.6. The molecular weight excluding hydrogens is 165 g/mol. The van der Waals surface area contributed by atoms with Crippen LogP contribution < -0.4 is 5.73 Å². The van der Waals surface area contributed by atoms with Gasteiger partial charge < -0.3 is 5.73 Å². The van der Waals surface area contributed by atoms with E-state index in [-0.39, 0.29) is 5.83 Å². The average molecular weight is 185 g/mol. The lowest BCUT2D eigenvalue weighted by molar-refractivity contribution is 0.601. The molecule has 0 aromatic heterocycles. The Labute approximate surface area is 80.5 Å². The summed E-state index contributed by atoms with van der Waals surface area (Å²) in [7, 11) is 0. The lowest BCUT2D eigenvalue weighted by Gasteiger charge is -1.96. The first-order chi connectivity index (χ1) is 5.95. The normalized spacial score (nSPS) is 15.8. The highest BCUT2D eigenvalue weighted by Crippen LogP contribution is 2.28. The molecule has 0 fully saturated rings. The Morgan fingerprint density at radius 1 is 1.38 bits per heavy atom. The molecule has 1 aliphatic carbocycles. The predicted octanol–water partition coefficient (Wildman–Crippen LogP) is 3.53. The summed E-state index contributed by atoms with van der Waals surface area (Å²) in [4.78, 5) is 0. The summed E-state index contributed by atoms with van der Waals surface area (Å²) in [6, 6.07) is 0. The average Bonchev–Trinajstić information content (AvgIpc) is 2.33. The van der Waals surface area contributed by atoms with Crippen LogP contribution in [0.2, 0.25) is 0 Å². The highest BCUT2D eigenvalue weighted by molar-refractivity contribution is 5.31. The standard InChI is InChI=1S/C7H10FN.C4H10/c1-5(9)6-3-2-4-7(6)8;1-4(2)3/h1-4,9H2;4H,1-3H3. The van der Waals surface area contributed by atoms with E-state index in [4.69, 9.17) is 5.73 Å². The van der Waals surface area contributed by atoms with Crippen LogP contribution in [0.4, 0.5) is 4.39 Å². The zero-order valence-corrected chi connectivity index (χ0v) is 8.86. The molecule has 0 spiro atoms. The summed E-state index contributed by atoms with van der Waals surface area (Å²) in [6.07, 6.45) is 2.20. The van der Waals surface area contributed by atoms with Gasteiger partial charge in [-0.2, -0.15) is 0 Å². The first kappa shape index (κ1) is 12.2. The van der Waals surface area contributed by atoms with E-state index in [1.807, 2.05) is 0 Å². The molecule has 1 aliphatic rings. The van der Waals surface area contributed by atoms with Gasteiger partial charge in [-0.25, -0.2) is 4.39 Å². The van der Waals surface area contributed by atoms with Gasteiger partial charge in [-0.3, -0.25) is 0 Å². The second-order valence-electron chi connectivity index (χ2n) is 3.99.